The Morgan fingerprint density at radius 3 is 2.41 bits per heavy atom. The second-order valence-electron chi connectivity index (χ2n) is 6.35. The molecule has 1 aliphatic heterocycles. The summed E-state index contributed by atoms with van der Waals surface area (Å²) in [5.74, 6) is -0.332. The van der Waals surface area contributed by atoms with E-state index in [9.17, 15) is 14.7 Å². The molecule has 4 heterocycles. The molecule has 2 N–H and O–H groups in total. The van der Waals surface area contributed by atoms with E-state index in [4.69, 9.17) is 0 Å². The fourth-order valence-electron chi connectivity index (χ4n) is 3.11. The Labute approximate surface area is 170 Å². The molecule has 1 amide bonds. The van der Waals surface area contributed by atoms with Gasteiger partial charge in [-0.05, 0) is 23.6 Å². The van der Waals surface area contributed by atoms with Crippen molar-refractivity contribution >= 4 is 40.7 Å². The number of hydrogen-bond acceptors (Lipinski definition) is 8. The van der Waals surface area contributed by atoms with Crippen LogP contribution in [0.15, 0.2) is 48.2 Å². The van der Waals surface area contributed by atoms with Crippen molar-refractivity contribution in [2.45, 2.75) is 0 Å². The lowest BCUT2D eigenvalue weighted by atomic mass is 10.2. The summed E-state index contributed by atoms with van der Waals surface area (Å²) in [6.45, 7) is 2.49. The highest BCUT2D eigenvalue weighted by Crippen LogP contribution is 2.24. The Hall–Kier alpha value is -3.53. The van der Waals surface area contributed by atoms with Crippen LogP contribution in [0.25, 0.3) is 0 Å². The lowest BCUT2D eigenvalue weighted by Gasteiger charge is -2.35. The van der Waals surface area contributed by atoms with Crippen molar-refractivity contribution < 1.29 is 14.7 Å². The molecule has 0 atom stereocenters. The van der Waals surface area contributed by atoms with Gasteiger partial charge in [0.05, 0.1) is 16.8 Å². The van der Waals surface area contributed by atoms with Crippen LogP contribution in [0.1, 0.15) is 20.0 Å². The van der Waals surface area contributed by atoms with E-state index in [-0.39, 0.29) is 11.5 Å². The van der Waals surface area contributed by atoms with Crippen LogP contribution in [-0.4, -0.2) is 58.1 Å². The lowest BCUT2D eigenvalue weighted by molar-refractivity contribution is 0.0696. The quantitative estimate of drug-likeness (QED) is 0.659. The highest BCUT2D eigenvalue weighted by Gasteiger charge is 2.24. The Morgan fingerprint density at radius 1 is 1.03 bits per heavy atom. The molecule has 29 heavy (non-hydrogen) atoms. The van der Waals surface area contributed by atoms with Gasteiger partial charge in [0.2, 0.25) is 5.95 Å². The molecule has 9 nitrogen and oxygen atoms in total. The molecule has 148 valence electrons. The summed E-state index contributed by atoms with van der Waals surface area (Å²) < 4.78 is 0. The molecule has 10 heteroatoms. The molecule has 0 unspecified atom stereocenters. The number of piperazine rings is 1. The minimum atomic E-state index is -1.09. The van der Waals surface area contributed by atoms with Gasteiger partial charge in [-0.2, -0.15) is 0 Å². The SMILES string of the molecule is O=C(Nc1cnc(N2CCN(c3ncccn3)CC2)c(C(=O)O)c1)c1cccs1. The fourth-order valence-corrected chi connectivity index (χ4v) is 3.73. The standard InChI is InChI=1S/C19H18N6O3S/c26-17(15-3-1-10-29-15)23-13-11-14(18(27)28)16(22-12-13)24-6-8-25(9-7-24)19-20-4-2-5-21-19/h1-5,10-12H,6-9H2,(H,23,26)(H,27,28). The van der Waals surface area contributed by atoms with Crippen LogP contribution in [0.3, 0.4) is 0 Å². The third-order valence-electron chi connectivity index (χ3n) is 4.51. The van der Waals surface area contributed by atoms with Gasteiger partial charge in [-0.25, -0.2) is 19.7 Å². The van der Waals surface area contributed by atoms with Crippen molar-refractivity contribution in [3.63, 3.8) is 0 Å². The number of aromatic carboxylic acids is 1. The summed E-state index contributed by atoms with van der Waals surface area (Å²) in [6.07, 6.45) is 4.88. The third kappa shape index (κ3) is 4.16. The number of hydrogen-bond donors (Lipinski definition) is 2. The number of pyridine rings is 1. The number of rotatable bonds is 5. The maximum atomic E-state index is 12.2. The van der Waals surface area contributed by atoms with Crippen molar-refractivity contribution in [3.8, 4) is 0 Å². The van der Waals surface area contributed by atoms with Gasteiger partial charge < -0.3 is 20.2 Å². The number of carbonyl (C=O) groups excluding carboxylic acids is 1. The van der Waals surface area contributed by atoms with E-state index in [0.717, 1.165) is 0 Å². The second-order valence-corrected chi connectivity index (χ2v) is 7.30. The van der Waals surface area contributed by atoms with Crippen molar-refractivity contribution in [1.29, 1.82) is 0 Å². The minimum absolute atomic E-state index is 0.0541. The van der Waals surface area contributed by atoms with E-state index < -0.39 is 5.97 Å². The fraction of sp³-hybridized carbons (Fsp3) is 0.211. The number of carbonyl (C=O) groups is 2. The number of amides is 1. The van der Waals surface area contributed by atoms with Crippen LogP contribution in [-0.2, 0) is 0 Å². The summed E-state index contributed by atoms with van der Waals surface area (Å²) in [4.78, 5) is 41.4. The van der Waals surface area contributed by atoms with E-state index in [2.05, 4.69) is 20.3 Å². The molecular formula is C19H18N6O3S. The normalized spacial score (nSPS) is 13.9. The molecule has 1 aliphatic rings. The molecule has 0 saturated carbocycles. The molecular weight excluding hydrogens is 392 g/mol. The molecule has 3 aromatic heterocycles. The molecule has 0 aromatic carbocycles. The number of carboxylic acid groups (broad SMARTS) is 1. The highest BCUT2D eigenvalue weighted by molar-refractivity contribution is 7.12. The number of nitrogens with zero attached hydrogens (tertiary/aromatic N) is 5. The predicted octanol–water partition coefficient (Wildman–Crippen LogP) is 2.21. The Bertz CT molecular complexity index is 1000. The number of nitrogens with one attached hydrogen (secondary N) is 1. The zero-order chi connectivity index (χ0) is 20.2. The van der Waals surface area contributed by atoms with Crippen LogP contribution in [0.2, 0.25) is 0 Å². The molecule has 1 fully saturated rings. The first-order valence-corrected chi connectivity index (χ1v) is 9.85. The van der Waals surface area contributed by atoms with Gasteiger partial charge in [-0.15, -0.1) is 11.3 Å². The largest absolute Gasteiger partial charge is 0.478 e. The first-order valence-electron chi connectivity index (χ1n) is 8.97. The molecule has 0 spiro atoms. The number of aromatic nitrogens is 3. The Kier molecular flexibility index (Phi) is 5.34. The molecule has 4 rings (SSSR count). The molecule has 1 saturated heterocycles. The van der Waals surface area contributed by atoms with Crippen molar-refractivity contribution in [3.05, 3.63) is 58.7 Å². The Morgan fingerprint density at radius 2 is 1.76 bits per heavy atom. The van der Waals surface area contributed by atoms with Gasteiger partial charge in [0.1, 0.15) is 11.4 Å². The maximum absolute atomic E-state index is 12.2. The second kappa shape index (κ2) is 8.23. The van der Waals surface area contributed by atoms with Gasteiger partial charge in [0.25, 0.3) is 5.91 Å². The zero-order valence-corrected chi connectivity index (χ0v) is 16.2. The summed E-state index contributed by atoms with van der Waals surface area (Å²) in [6, 6.07) is 6.70. The minimum Gasteiger partial charge on any atom is -0.478 e. The monoisotopic (exact) mass is 410 g/mol. The predicted molar refractivity (Wildman–Crippen MR) is 110 cm³/mol. The van der Waals surface area contributed by atoms with E-state index >= 15 is 0 Å². The molecule has 0 bridgehead atoms. The number of carboxylic acids is 1. The van der Waals surface area contributed by atoms with Crippen LogP contribution in [0, 0.1) is 0 Å². The summed E-state index contributed by atoms with van der Waals surface area (Å²) in [5.41, 5.74) is 0.402. The van der Waals surface area contributed by atoms with Gasteiger partial charge in [-0.3, -0.25) is 4.79 Å². The topological polar surface area (TPSA) is 112 Å². The van der Waals surface area contributed by atoms with E-state index in [1.54, 1.807) is 36.0 Å². The summed E-state index contributed by atoms with van der Waals surface area (Å²) in [5, 5.41) is 14.2. The van der Waals surface area contributed by atoms with E-state index in [1.165, 1.54) is 23.6 Å². The average Bonchev–Trinajstić information content (AvgIpc) is 3.30. The van der Waals surface area contributed by atoms with Crippen LogP contribution < -0.4 is 15.1 Å². The van der Waals surface area contributed by atoms with Crippen LogP contribution in [0.5, 0.6) is 0 Å². The zero-order valence-electron chi connectivity index (χ0n) is 15.4. The van der Waals surface area contributed by atoms with Gasteiger partial charge in [0.15, 0.2) is 0 Å². The van der Waals surface area contributed by atoms with E-state index in [1.807, 2.05) is 9.80 Å². The number of anilines is 3. The molecule has 3 aromatic rings. The first kappa shape index (κ1) is 18.8. The van der Waals surface area contributed by atoms with Crippen molar-refractivity contribution in [2.75, 3.05) is 41.3 Å². The summed E-state index contributed by atoms with van der Waals surface area (Å²) >= 11 is 1.31. The van der Waals surface area contributed by atoms with Gasteiger partial charge in [0, 0.05) is 38.6 Å². The van der Waals surface area contributed by atoms with Crippen molar-refractivity contribution in [1.82, 2.24) is 15.0 Å². The molecule has 0 radical (unpaired) electrons. The Balaban J connectivity index is 1.49. The average molecular weight is 410 g/mol. The first-order chi connectivity index (χ1) is 14.1. The lowest BCUT2D eigenvalue weighted by Crippen LogP contribution is -2.47. The van der Waals surface area contributed by atoms with Crippen LogP contribution in [0.4, 0.5) is 17.5 Å². The summed E-state index contributed by atoms with van der Waals surface area (Å²) in [7, 11) is 0. The number of thiophene rings is 1. The van der Waals surface area contributed by atoms with E-state index in [0.29, 0.717) is 48.5 Å². The van der Waals surface area contributed by atoms with Crippen LogP contribution >= 0.6 is 11.3 Å². The third-order valence-corrected chi connectivity index (χ3v) is 5.38. The van der Waals surface area contributed by atoms with Gasteiger partial charge in [-0.1, -0.05) is 6.07 Å². The maximum Gasteiger partial charge on any atom is 0.339 e. The smallest absolute Gasteiger partial charge is 0.339 e. The van der Waals surface area contributed by atoms with Crippen molar-refractivity contribution in [2.24, 2.45) is 0 Å². The van der Waals surface area contributed by atoms with Gasteiger partial charge >= 0.3 is 5.97 Å². The highest BCUT2D eigenvalue weighted by atomic mass is 32.1. The molecule has 0 aliphatic carbocycles.